The number of carbonyl (C=O) groups excluding carboxylic acids is 1. The molecule has 0 aliphatic heterocycles. The van der Waals surface area contributed by atoms with Crippen LogP contribution in [-0.2, 0) is 11.2 Å². The van der Waals surface area contributed by atoms with Crippen LogP contribution >= 0.6 is 23.2 Å². The number of carbonyl (C=O) groups is 1. The third-order valence-electron chi connectivity index (χ3n) is 4.02. The van der Waals surface area contributed by atoms with Crippen LogP contribution in [0.15, 0.2) is 60.4 Å². The van der Waals surface area contributed by atoms with Gasteiger partial charge in [0.15, 0.2) is 0 Å². The summed E-state index contributed by atoms with van der Waals surface area (Å²) < 4.78 is 0. The Kier molecular flexibility index (Phi) is 6.02. The van der Waals surface area contributed by atoms with Crippen molar-refractivity contribution >= 4 is 45.7 Å². The lowest BCUT2D eigenvalue weighted by Gasteiger charge is -2.08. The number of hydrogen-bond donors (Lipinski definition) is 3. The summed E-state index contributed by atoms with van der Waals surface area (Å²) in [4.78, 5) is 15.5. The Morgan fingerprint density at radius 1 is 1.19 bits per heavy atom. The molecular formula is C20H16Cl2N4O. The lowest BCUT2D eigenvalue weighted by Crippen LogP contribution is -2.18. The molecule has 0 spiro atoms. The number of aromatic nitrogens is 1. The van der Waals surface area contributed by atoms with Gasteiger partial charge in [-0.3, -0.25) is 4.79 Å². The Bertz CT molecular complexity index is 1050. The van der Waals surface area contributed by atoms with Crippen molar-refractivity contribution in [3.63, 3.8) is 0 Å². The molecule has 0 bridgehead atoms. The van der Waals surface area contributed by atoms with Gasteiger partial charge in [0, 0.05) is 29.8 Å². The van der Waals surface area contributed by atoms with Gasteiger partial charge >= 0.3 is 0 Å². The number of aromatic amines is 1. The van der Waals surface area contributed by atoms with Gasteiger partial charge in [-0.2, -0.15) is 5.26 Å². The van der Waals surface area contributed by atoms with Crippen LogP contribution in [0.1, 0.15) is 5.56 Å². The third-order valence-corrected chi connectivity index (χ3v) is 4.84. The van der Waals surface area contributed by atoms with E-state index >= 15 is 0 Å². The van der Waals surface area contributed by atoms with Crippen molar-refractivity contribution in [3.05, 3.63) is 76.0 Å². The van der Waals surface area contributed by atoms with Crippen LogP contribution in [0.3, 0.4) is 0 Å². The summed E-state index contributed by atoms with van der Waals surface area (Å²) in [5.74, 6) is -0.554. The number of halogens is 2. The molecule has 0 unspecified atom stereocenters. The van der Waals surface area contributed by atoms with E-state index in [-0.39, 0.29) is 10.6 Å². The number of nitriles is 1. The van der Waals surface area contributed by atoms with Crippen LogP contribution in [0.25, 0.3) is 10.9 Å². The average Bonchev–Trinajstić information content (AvgIpc) is 3.08. The molecule has 0 saturated carbocycles. The smallest absolute Gasteiger partial charge is 0.267 e. The number of nitrogens with one attached hydrogen (secondary N) is 3. The standard InChI is InChI=1S/C20H16Cl2N4O/c21-16-5-3-7-18(19(16)22)26-20(27)14(10-23)11-24-9-8-13-12-25-17-6-2-1-4-15(13)17/h1-7,11-12,24-25H,8-9H2,(H,26,27)/b14-11-. The zero-order valence-electron chi connectivity index (χ0n) is 14.2. The lowest BCUT2D eigenvalue weighted by atomic mass is 10.1. The van der Waals surface area contributed by atoms with E-state index in [1.54, 1.807) is 18.2 Å². The molecule has 7 heteroatoms. The molecule has 1 heterocycles. The summed E-state index contributed by atoms with van der Waals surface area (Å²) in [6.07, 6.45) is 4.12. The highest BCUT2D eigenvalue weighted by molar-refractivity contribution is 6.44. The number of nitrogens with zero attached hydrogens (tertiary/aromatic N) is 1. The van der Waals surface area contributed by atoms with Gasteiger partial charge < -0.3 is 15.6 Å². The largest absolute Gasteiger partial charge is 0.389 e. The molecule has 0 saturated heterocycles. The van der Waals surface area contributed by atoms with Crippen molar-refractivity contribution in [2.24, 2.45) is 0 Å². The molecule has 3 rings (SSSR count). The third kappa shape index (κ3) is 4.43. The van der Waals surface area contributed by atoms with Crippen molar-refractivity contribution in [3.8, 4) is 6.07 Å². The molecular weight excluding hydrogens is 383 g/mol. The Labute approximate surface area is 166 Å². The number of H-pyrrole nitrogens is 1. The molecule has 3 N–H and O–H groups in total. The van der Waals surface area contributed by atoms with E-state index in [1.807, 2.05) is 30.5 Å². The second kappa shape index (κ2) is 8.63. The van der Waals surface area contributed by atoms with E-state index in [2.05, 4.69) is 21.7 Å². The van der Waals surface area contributed by atoms with Gasteiger partial charge in [-0.1, -0.05) is 47.5 Å². The average molecular weight is 399 g/mol. The van der Waals surface area contributed by atoms with Crippen molar-refractivity contribution in [2.45, 2.75) is 6.42 Å². The van der Waals surface area contributed by atoms with Gasteiger partial charge in [-0.15, -0.1) is 0 Å². The van der Waals surface area contributed by atoms with Crippen molar-refractivity contribution < 1.29 is 4.79 Å². The van der Waals surface area contributed by atoms with Crippen molar-refractivity contribution in [1.82, 2.24) is 10.3 Å². The van der Waals surface area contributed by atoms with Crippen LogP contribution in [-0.4, -0.2) is 17.4 Å². The molecule has 0 fully saturated rings. The SMILES string of the molecule is N#C/C(=C/NCCc1c[nH]c2ccccc12)C(=O)Nc1cccc(Cl)c1Cl. The fourth-order valence-corrected chi connectivity index (χ4v) is 3.01. The molecule has 0 atom stereocenters. The zero-order valence-corrected chi connectivity index (χ0v) is 15.7. The first-order valence-corrected chi connectivity index (χ1v) is 8.99. The quantitative estimate of drug-likeness (QED) is 0.321. The van der Waals surface area contributed by atoms with Gasteiger partial charge in [0.05, 0.1) is 15.7 Å². The number of benzene rings is 2. The van der Waals surface area contributed by atoms with Crippen LogP contribution < -0.4 is 10.6 Å². The molecule has 5 nitrogen and oxygen atoms in total. The van der Waals surface area contributed by atoms with E-state index in [0.29, 0.717) is 17.3 Å². The first-order chi connectivity index (χ1) is 13.1. The zero-order chi connectivity index (χ0) is 19.2. The van der Waals surface area contributed by atoms with Gasteiger partial charge in [0.1, 0.15) is 11.6 Å². The molecule has 136 valence electrons. The molecule has 0 radical (unpaired) electrons. The fraction of sp³-hybridized carbons (Fsp3) is 0.100. The maximum absolute atomic E-state index is 12.3. The van der Waals surface area contributed by atoms with Crippen LogP contribution in [0.5, 0.6) is 0 Å². The number of para-hydroxylation sites is 1. The van der Waals surface area contributed by atoms with Crippen LogP contribution in [0.4, 0.5) is 5.69 Å². The second-order valence-corrected chi connectivity index (χ2v) is 6.57. The highest BCUT2D eigenvalue weighted by atomic mass is 35.5. The molecule has 1 amide bonds. The molecule has 1 aromatic heterocycles. The summed E-state index contributed by atoms with van der Waals surface area (Å²) in [7, 11) is 0. The van der Waals surface area contributed by atoms with Crippen molar-refractivity contribution in [2.75, 3.05) is 11.9 Å². The predicted molar refractivity (Wildman–Crippen MR) is 109 cm³/mol. The Hall–Kier alpha value is -2.94. The first-order valence-electron chi connectivity index (χ1n) is 8.24. The van der Waals surface area contributed by atoms with Gasteiger partial charge in [-0.25, -0.2) is 0 Å². The molecule has 0 aliphatic rings. The minimum atomic E-state index is -0.554. The van der Waals surface area contributed by atoms with E-state index in [9.17, 15) is 10.1 Å². The number of anilines is 1. The number of rotatable bonds is 6. The Morgan fingerprint density at radius 3 is 2.81 bits per heavy atom. The first kappa shape index (κ1) is 18.8. The number of hydrogen-bond acceptors (Lipinski definition) is 3. The number of fused-ring (bicyclic) bond motifs is 1. The summed E-state index contributed by atoms with van der Waals surface area (Å²) in [6.45, 7) is 0.582. The Balaban J connectivity index is 1.60. The second-order valence-electron chi connectivity index (χ2n) is 5.79. The van der Waals surface area contributed by atoms with E-state index in [4.69, 9.17) is 23.2 Å². The van der Waals surface area contributed by atoms with E-state index in [0.717, 1.165) is 17.3 Å². The fourth-order valence-electron chi connectivity index (χ4n) is 2.66. The summed E-state index contributed by atoms with van der Waals surface area (Å²) in [5.41, 5.74) is 2.55. The minimum Gasteiger partial charge on any atom is -0.389 e. The highest BCUT2D eigenvalue weighted by Crippen LogP contribution is 2.29. The monoisotopic (exact) mass is 398 g/mol. The van der Waals surface area contributed by atoms with Crippen LogP contribution in [0.2, 0.25) is 10.0 Å². The Morgan fingerprint density at radius 2 is 2.00 bits per heavy atom. The molecule has 3 aromatic rings. The topological polar surface area (TPSA) is 80.7 Å². The van der Waals surface area contributed by atoms with E-state index in [1.165, 1.54) is 11.8 Å². The normalized spacial score (nSPS) is 11.2. The highest BCUT2D eigenvalue weighted by Gasteiger charge is 2.12. The predicted octanol–water partition coefficient (Wildman–Crippen LogP) is 4.65. The maximum atomic E-state index is 12.3. The minimum absolute atomic E-state index is 0.0510. The maximum Gasteiger partial charge on any atom is 0.267 e. The molecule has 2 aromatic carbocycles. The molecule has 0 aliphatic carbocycles. The van der Waals surface area contributed by atoms with Gasteiger partial charge in [0.25, 0.3) is 5.91 Å². The van der Waals surface area contributed by atoms with E-state index < -0.39 is 5.91 Å². The van der Waals surface area contributed by atoms with Gasteiger partial charge in [-0.05, 0) is 30.2 Å². The summed E-state index contributed by atoms with van der Waals surface area (Å²) in [5, 5.41) is 16.6. The van der Waals surface area contributed by atoms with Crippen LogP contribution in [0, 0.1) is 11.3 Å². The lowest BCUT2D eigenvalue weighted by molar-refractivity contribution is -0.112. The molecule has 27 heavy (non-hydrogen) atoms. The van der Waals surface area contributed by atoms with Crippen molar-refractivity contribution in [1.29, 1.82) is 5.26 Å². The van der Waals surface area contributed by atoms with Gasteiger partial charge in [0.2, 0.25) is 0 Å². The number of amides is 1. The summed E-state index contributed by atoms with van der Waals surface area (Å²) in [6, 6.07) is 14.8. The summed E-state index contributed by atoms with van der Waals surface area (Å²) >= 11 is 12.0.